The van der Waals surface area contributed by atoms with Crippen molar-refractivity contribution in [3.05, 3.63) is 23.8 Å². The molecule has 102 valence electrons. The number of methoxy groups -OCH3 is 1. The maximum absolute atomic E-state index is 11.5. The molecule has 0 fully saturated rings. The lowest BCUT2D eigenvalue weighted by atomic mass is 10.0. The topological polar surface area (TPSA) is 85.9 Å². The van der Waals surface area contributed by atoms with Crippen molar-refractivity contribution < 1.29 is 14.3 Å². The Balaban J connectivity index is 2.30. The highest BCUT2D eigenvalue weighted by atomic mass is 16.5. The van der Waals surface area contributed by atoms with Crippen LogP contribution in [0.3, 0.4) is 0 Å². The Morgan fingerprint density at radius 1 is 1.47 bits per heavy atom. The highest BCUT2D eigenvalue weighted by molar-refractivity contribution is 5.98. The predicted molar refractivity (Wildman–Crippen MR) is 71.3 cm³/mol. The first-order valence-corrected chi connectivity index (χ1v) is 6.08. The number of hydrogen-bond acceptors (Lipinski definition) is 5. The third-order valence-corrected chi connectivity index (χ3v) is 2.81. The first-order valence-electron chi connectivity index (χ1n) is 6.08. The molecule has 0 saturated carbocycles. The normalized spacial score (nSPS) is 18.5. The van der Waals surface area contributed by atoms with Gasteiger partial charge in [0.15, 0.2) is 17.5 Å². The van der Waals surface area contributed by atoms with Crippen LogP contribution in [0.5, 0.6) is 11.5 Å². The van der Waals surface area contributed by atoms with E-state index < -0.39 is 0 Å². The van der Waals surface area contributed by atoms with Crippen molar-refractivity contribution in [3.8, 4) is 11.5 Å². The molecule has 1 aromatic rings. The van der Waals surface area contributed by atoms with Gasteiger partial charge in [-0.15, -0.1) is 0 Å². The van der Waals surface area contributed by atoms with Gasteiger partial charge in [0.2, 0.25) is 5.91 Å². The van der Waals surface area contributed by atoms with E-state index in [4.69, 9.17) is 15.2 Å². The molecule has 0 bridgehead atoms. The second-order valence-electron chi connectivity index (χ2n) is 4.13. The highest BCUT2D eigenvalue weighted by Crippen LogP contribution is 2.33. The lowest BCUT2D eigenvalue weighted by Gasteiger charge is -2.20. The summed E-state index contributed by atoms with van der Waals surface area (Å²) < 4.78 is 10.7. The minimum Gasteiger partial charge on any atom is -0.493 e. The van der Waals surface area contributed by atoms with E-state index >= 15 is 0 Å². The van der Waals surface area contributed by atoms with Crippen molar-refractivity contribution in [1.82, 2.24) is 5.32 Å². The Kier molecular flexibility index (Phi) is 3.89. The zero-order chi connectivity index (χ0) is 13.8. The summed E-state index contributed by atoms with van der Waals surface area (Å²) in [7, 11) is 1.58. The highest BCUT2D eigenvalue weighted by Gasteiger charge is 2.22. The number of rotatable bonds is 4. The molecule has 0 aromatic heterocycles. The zero-order valence-electron chi connectivity index (χ0n) is 11.0. The lowest BCUT2D eigenvalue weighted by Crippen LogP contribution is -2.41. The standard InChI is InChI=1S/C13H17N3O3/c1-3-19-10-5-4-8(6-11(10)18-2)9-7-12(17)16-13(14)15-9/h4-6,9H,3,7H2,1-2H3,(H3,14,15,16,17). The molecular weight excluding hydrogens is 246 g/mol. The number of benzene rings is 1. The number of nitrogens with zero attached hydrogens (tertiary/aromatic N) is 1. The van der Waals surface area contributed by atoms with Crippen LogP contribution in [0.1, 0.15) is 24.9 Å². The van der Waals surface area contributed by atoms with E-state index in [1.807, 2.05) is 25.1 Å². The number of carbonyl (C=O) groups is 1. The number of nitrogens with one attached hydrogen (secondary N) is 1. The van der Waals surface area contributed by atoms with Crippen LogP contribution in [0.25, 0.3) is 0 Å². The van der Waals surface area contributed by atoms with Crippen LogP contribution >= 0.6 is 0 Å². The minimum absolute atomic E-state index is 0.134. The van der Waals surface area contributed by atoms with Crippen molar-refractivity contribution in [2.24, 2.45) is 10.7 Å². The zero-order valence-corrected chi connectivity index (χ0v) is 11.0. The molecule has 1 aliphatic heterocycles. The molecule has 1 unspecified atom stereocenters. The first kappa shape index (κ1) is 13.2. The largest absolute Gasteiger partial charge is 0.493 e. The maximum Gasteiger partial charge on any atom is 0.229 e. The molecule has 0 spiro atoms. The van der Waals surface area contributed by atoms with Gasteiger partial charge >= 0.3 is 0 Å². The van der Waals surface area contributed by atoms with E-state index in [0.29, 0.717) is 18.1 Å². The number of hydrogen-bond donors (Lipinski definition) is 2. The number of guanidine groups is 1. The predicted octanol–water partition coefficient (Wildman–Crippen LogP) is 0.970. The molecule has 19 heavy (non-hydrogen) atoms. The van der Waals surface area contributed by atoms with Gasteiger partial charge in [-0.25, -0.2) is 4.99 Å². The van der Waals surface area contributed by atoms with Gasteiger partial charge in [0, 0.05) is 0 Å². The molecule has 3 N–H and O–H groups in total. The Hall–Kier alpha value is -2.24. The third kappa shape index (κ3) is 2.96. The van der Waals surface area contributed by atoms with E-state index in [-0.39, 0.29) is 24.3 Å². The van der Waals surface area contributed by atoms with Crippen molar-refractivity contribution in [3.63, 3.8) is 0 Å². The summed E-state index contributed by atoms with van der Waals surface area (Å²) in [5, 5.41) is 2.47. The Morgan fingerprint density at radius 2 is 2.26 bits per heavy atom. The van der Waals surface area contributed by atoms with E-state index in [0.717, 1.165) is 5.56 Å². The molecular formula is C13H17N3O3. The van der Waals surface area contributed by atoms with E-state index in [1.54, 1.807) is 7.11 Å². The van der Waals surface area contributed by atoms with E-state index in [2.05, 4.69) is 10.3 Å². The molecule has 1 aromatic carbocycles. The lowest BCUT2D eigenvalue weighted by molar-refractivity contribution is -0.120. The molecule has 1 aliphatic rings. The summed E-state index contributed by atoms with van der Waals surface area (Å²) in [6, 6.07) is 5.23. The fourth-order valence-electron chi connectivity index (χ4n) is 1.97. The van der Waals surface area contributed by atoms with Crippen molar-refractivity contribution in [2.75, 3.05) is 13.7 Å². The Labute approximate surface area is 111 Å². The van der Waals surface area contributed by atoms with Crippen LogP contribution in [0.4, 0.5) is 0 Å². The van der Waals surface area contributed by atoms with Crippen LogP contribution < -0.4 is 20.5 Å². The molecule has 1 atom stereocenters. The van der Waals surface area contributed by atoms with Crippen LogP contribution in [-0.4, -0.2) is 25.6 Å². The fraction of sp³-hybridized carbons (Fsp3) is 0.385. The van der Waals surface area contributed by atoms with Crippen LogP contribution in [0.2, 0.25) is 0 Å². The molecule has 0 saturated heterocycles. The average molecular weight is 263 g/mol. The van der Waals surface area contributed by atoms with Crippen LogP contribution in [0, 0.1) is 0 Å². The van der Waals surface area contributed by atoms with Gasteiger partial charge in [0.25, 0.3) is 0 Å². The quantitative estimate of drug-likeness (QED) is 0.847. The SMILES string of the molecule is CCOc1ccc(C2CC(=O)NC(N)=N2)cc1OC. The maximum atomic E-state index is 11.5. The molecule has 0 radical (unpaired) electrons. The number of nitrogens with two attached hydrogens (primary N) is 1. The fourth-order valence-corrected chi connectivity index (χ4v) is 1.97. The molecule has 2 rings (SSSR count). The van der Waals surface area contributed by atoms with Gasteiger partial charge in [-0.2, -0.15) is 0 Å². The van der Waals surface area contributed by atoms with Gasteiger partial charge in [-0.1, -0.05) is 6.07 Å². The second-order valence-corrected chi connectivity index (χ2v) is 4.13. The number of ether oxygens (including phenoxy) is 2. The number of amides is 1. The first-order chi connectivity index (χ1) is 9.13. The van der Waals surface area contributed by atoms with Crippen LogP contribution in [-0.2, 0) is 4.79 Å². The van der Waals surface area contributed by atoms with Crippen molar-refractivity contribution in [1.29, 1.82) is 0 Å². The monoisotopic (exact) mass is 263 g/mol. The van der Waals surface area contributed by atoms with E-state index in [1.165, 1.54) is 0 Å². The van der Waals surface area contributed by atoms with Gasteiger partial charge in [0.1, 0.15) is 0 Å². The summed E-state index contributed by atoms with van der Waals surface area (Å²) in [6.45, 7) is 2.47. The van der Waals surface area contributed by atoms with Gasteiger partial charge in [-0.3, -0.25) is 10.1 Å². The molecule has 6 heteroatoms. The summed E-state index contributed by atoms with van der Waals surface area (Å²) in [6.07, 6.45) is 0.276. The molecule has 6 nitrogen and oxygen atoms in total. The summed E-state index contributed by atoms with van der Waals surface area (Å²) in [5.74, 6) is 1.31. The van der Waals surface area contributed by atoms with E-state index in [9.17, 15) is 4.79 Å². The smallest absolute Gasteiger partial charge is 0.229 e. The summed E-state index contributed by atoms with van der Waals surface area (Å²) in [5.41, 5.74) is 6.44. The third-order valence-electron chi connectivity index (χ3n) is 2.81. The second kappa shape index (κ2) is 5.60. The molecule has 1 heterocycles. The summed E-state index contributed by atoms with van der Waals surface area (Å²) in [4.78, 5) is 15.7. The number of carbonyl (C=O) groups excluding carboxylic acids is 1. The van der Waals surface area contributed by atoms with Gasteiger partial charge in [0.05, 0.1) is 26.2 Å². The average Bonchev–Trinajstić information content (AvgIpc) is 2.38. The summed E-state index contributed by atoms with van der Waals surface area (Å²) >= 11 is 0. The minimum atomic E-state index is -0.279. The van der Waals surface area contributed by atoms with Crippen LogP contribution in [0.15, 0.2) is 23.2 Å². The molecule has 0 aliphatic carbocycles. The van der Waals surface area contributed by atoms with Crippen molar-refractivity contribution >= 4 is 11.9 Å². The Bertz CT molecular complexity index is 514. The van der Waals surface area contributed by atoms with Gasteiger partial charge in [-0.05, 0) is 24.6 Å². The Morgan fingerprint density at radius 3 is 2.89 bits per heavy atom. The number of aliphatic imine (C=N–C) groups is 1. The van der Waals surface area contributed by atoms with Gasteiger partial charge < -0.3 is 15.2 Å². The van der Waals surface area contributed by atoms with Crippen molar-refractivity contribution in [2.45, 2.75) is 19.4 Å². The molecule has 1 amide bonds.